The normalized spacial score (nSPS) is 10.6. The quantitative estimate of drug-likeness (QED) is 0.831. The van der Waals surface area contributed by atoms with Crippen molar-refractivity contribution in [1.29, 1.82) is 0 Å². The second-order valence-electron chi connectivity index (χ2n) is 3.66. The molecule has 0 aliphatic heterocycles. The zero-order valence-corrected chi connectivity index (χ0v) is 8.90. The van der Waals surface area contributed by atoms with E-state index in [9.17, 15) is 0 Å². The van der Waals surface area contributed by atoms with Crippen LogP contribution in [-0.4, -0.2) is 16.1 Å². The number of hydrogen-bond acceptors (Lipinski definition) is 2. The third-order valence-electron chi connectivity index (χ3n) is 2.04. The maximum atomic E-state index is 5.56. The van der Waals surface area contributed by atoms with Gasteiger partial charge in [0.2, 0.25) is 0 Å². The molecule has 0 fully saturated rings. The Morgan fingerprint density at radius 1 is 1.20 bits per heavy atom. The molecule has 0 atom stereocenters. The van der Waals surface area contributed by atoms with Crippen LogP contribution in [0.15, 0.2) is 36.8 Å². The summed E-state index contributed by atoms with van der Waals surface area (Å²) in [6, 6.07) is 7.98. The predicted octanol–water partition coefficient (Wildman–Crippen LogP) is 2.86. The predicted molar refractivity (Wildman–Crippen MR) is 59.8 cm³/mol. The van der Waals surface area contributed by atoms with E-state index in [4.69, 9.17) is 4.74 Å². The summed E-state index contributed by atoms with van der Waals surface area (Å²) in [5.74, 6) is 0.897. The number of nitrogens with one attached hydrogen (secondary N) is 1. The molecule has 0 saturated carbocycles. The molecular formula is C12H14N2O. The van der Waals surface area contributed by atoms with Gasteiger partial charge in [-0.25, -0.2) is 4.98 Å². The fraction of sp³-hybridized carbons (Fsp3) is 0.250. The summed E-state index contributed by atoms with van der Waals surface area (Å²) >= 11 is 0. The van der Waals surface area contributed by atoms with Crippen LogP contribution in [0.3, 0.4) is 0 Å². The van der Waals surface area contributed by atoms with Gasteiger partial charge in [-0.2, -0.15) is 0 Å². The number of imidazole rings is 1. The van der Waals surface area contributed by atoms with E-state index < -0.39 is 0 Å². The maximum Gasteiger partial charge on any atom is 0.119 e. The summed E-state index contributed by atoms with van der Waals surface area (Å²) < 4.78 is 5.56. The number of hydrogen-bond donors (Lipinski definition) is 1. The Morgan fingerprint density at radius 3 is 2.47 bits per heavy atom. The first-order valence-corrected chi connectivity index (χ1v) is 5.01. The molecule has 0 saturated heterocycles. The Bertz CT molecular complexity index is 404. The molecule has 3 heteroatoms. The molecule has 15 heavy (non-hydrogen) atoms. The van der Waals surface area contributed by atoms with E-state index in [2.05, 4.69) is 9.97 Å². The third-order valence-corrected chi connectivity index (χ3v) is 2.04. The Labute approximate surface area is 89.1 Å². The van der Waals surface area contributed by atoms with E-state index in [1.165, 1.54) is 0 Å². The molecule has 0 bridgehead atoms. The maximum absolute atomic E-state index is 5.56. The molecule has 2 rings (SSSR count). The van der Waals surface area contributed by atoms with Crippen molar-refractivity contribution in [3.8, 4) is 17.0 Å². The lowest BCUT2D eigenvalue weighted by molar-refractivity contribution is 0.242. The number of benzene rings is 1. The first-order chi connectivity index (χ1) is 7.25. The summed E-state index contributed by atoms with van der Waals surface area (Å²) in [7, 11) is 0. The van der Waals surface area contributed by atoms with Crippen LogP contribution in [0.2, 0.25) is 0 Å². The van der Waals surface area contributed by atoms with Gasteiger partial charge in [0.05, 0.1) is 24.3 Å². The number of nitrogens with zero attached hydrogens (tertiary/aromatic N) is 1. The zero-order valence-electron chi connectivity index (χ0n) is 8.90. The summed E-state index contributed by atoms with van der Waals surface area (Å²) in [5.41, 5.74) is 2.13. The van der Waals surface area contributed by atoms with Crippen molar-refractivity contribution in [2.24, 2.45) is 0 Å². The fourth-order valence-electron chi connectivity index (χ4n) is 1.40. The lowest BCUT2D eigenvalue weighted by Gasteiger charge is -2.09. The molecule has 1 heterocycles. The molecule has 78 valence electrons. The molecule has 2 aromatic rings. The Hall–Kier alpha value is -1.77. The average Bonchev–Trinajstić information content (AvgIpc) is 2.71. The van der Waals surface area contributed by atoms with Crippen LogP contribution in [0.4, 0.5) is 0 Å². The first-order valence-electron chi connectivity index (χ1n) is 5.01. The lowest BCUT2D eigenvalue weighted by atomic mass is 10.2. The SMILES string of the molecule is CC(C)Oc1ccc(-c2cnc[nH]2)cc1. The molecule has 1 aromatic heterocycles. The van der Waals surface area contributed by atoms with Crippen LogP contribution >= 0.6 is 0 Å². The van der Waals surface area contributed by atoms with Crippen LogP contribution < -0.4 is 4.74 Å². The minimum absolute atomic E-state index is 0.211. The number of aromatic nitrogens is 2. The highest BCUT2D eigenvalue weighted by molar-refractivity contribution is 5.58. The van der Waals surface area contributed by atoms with Gasteiger partial charge in [-0.1, -0.05) is 0 Å². The molecule has 1 N–H and O–H groups in total. The standard InChI is InChI=1S/C12H14N2O/c1-9(2)15-11-5-3-10(4-6-11)12-7-13-8-14-12/h3-9H,1-2H3,(H,13,14). The minimum atomic E-state index is 0.211. The van der Waals surface area contributed by atoms with Gasteiger partial charge in [-0.15, -0.1) is 0 Å². The van der Waals surface area contributed by atoms with Gasteiger partial charge >= 0.3 is 0 Å². The molecular weight excluding hydrogens is 188 g/mol. The van der Waals surface area contributed by atoms with Crippen LogP contribution in [0.1, 0.15) is 13.8 Å². The van der Waals surface area contributed by atoms with E-state index in [1.54, 1.807) is 12.5 Å². The van der Waals surface area contributed by atoms with Crippen molar-refractivity contribution in [2.75, 3.05) is 0 Å². The number of ether oxygens (including phenoxy) is 1. The van der Waals surface area contributed by atoms with Gasteiger partial charge in [0.1, 0.15) is 5.75 Å². The van der Waals surface area contributed by atoms with Gasteiger partial charge in [-0.05, 0) is 43.7 Å². The Kier molecular flexibility index (Phi) is 2.72. The molecule has 0 aliphatic rings. The number of rotatable bonds is 3. The largest absolute Gasteiger partial charge is 0.491 e. The van der Waals surface area contributed by atoms with E-state index in [0.717, 1.165) is 17.0 Å². The second kappa shape index (κ2) is 4.17. The molecule has 3 nitrogen and oxygen atoms in total. The molecule has 1 aromatic carbocycles. The van der Waals surface area contributed by atoms with Crippen molar-refractivity contribution < 1.29 is 4.74 Å². The highest BCUT2D eigenvalue weighted by atomic mass is 16.5. The smallest absolute Gasteiger partial charge is 0.119 e. The van der Waals surface area contributed by atoms with E-state index >= 15 is 0 Å². The molecule has 0 radical (unpaired) electrons. The first kappa shape index (κ1) is 9.77. The molecule has 0 amide bonds. The van der Waals surface area contributed by atoms with E-state index in [1.807, 2.05) is 38.1 Å². The van der Waals surface area contributed by atoms with Crippen molar-refractivity contribution >= 4 is 0 Å². The topological polar surface area (TPSA) is 37.9 Å². The van der Waals surface area contributed by atoms with Crippen molar-refractivity contribution in [3.63, 3.8) is 0 Å². The van der Waals surface area contributed by atoms with Gasteiger partial charge in [0.15, 0.2) is 0 Å². The van der Waals surface area contributed by atoms with Crippen molar-refractivity contribution in [2.45, 2.75) is 20.0 Å². The van der Waals surface area contributed by atoms with Crippen LogP contribution in [-0.2, 0) is 0 Å². The van der Waals surface area contributed by atoms with Crippen molar-refractivity contribution in [1.82, 2.24) is 9.97 Å². The summed E-state index contributed by atoms with van der Waals surface area (Å²) in [6.45, 7) is 4.03. The highest BCUT2D eigenvalue weighted by Gasteiger charge is 2.00. The zero-order chi connectivity index (χ0) is 10.7. The van der Waals surface area contributed by atoms with Crippen LogP contribution in [0.5, 0.6) is 5.75 Å². The summed E-state index contributed by atoms with van der Waals surface area (Å²) in [4.78, 5) is 7.04. The summed E-state index contributed by atoms with van der Waals surface area (Å²) in [5, 5.41) is 0. The van der Waals surface area contributed by atoms with E-state index in [0.29, 0.717) is 0 Å². The number of H-pyrrole nitrogens is 1. The van der Waals surface area contributed by atoms with Gasteiger partial charge in [-0.3, -0.25) is 0 Å². The summed E-state index contributed by atoms with van der Waals surface area (Å²) in [6.07, 6.45) is 3.69. The monoisotopic (exact) mass is 202 g/mol. The fourth-order valence-corrected chi connectivity index (χ4v) is 1.40. The third kappa shape index (κ3) is 2.37. The molecule has 0 spiro atoms. The number of aromatic amines is 1. The van der Waals surface area contributed by atoms with E-state index in [-0.39, 0.29) is 6.10 Å². The van der Waals surface area contributed by atoms with Gasteiger partial charge in [0.25, 0.3) is 0 Å². The van der Waals surface area contributed by atoms with Gasteiger partial charge < -0.3 is 9.72 Å². The lowest BCUT2D eigenvalue weighted by Crippen LogP contribution is -2.05. The van der Waals surface area contributed by atoms with Crippen LogP contribution in [0, 0.1) is 0 Å². The average molecular weight is 202 g/mol. The second-order valence-corrected chi connectivity index (χ2v) is 3.66. The minimum Gasteiger partial charge on any atom is -0.491 e. The Morgan fingerprint density at radius 2 is 1.93 bits per heavy atom. The molecule has 0 unspecified atom stereocenters. The van der Waals surface area contributed by atoms with Gasteiger partial charge in [0, 0.05) is 0 Å². The molecule has 0 aliphatic carbocycles. The van der Waals surface area contributed by atoms with Crippen molar-refractivity contribution in [3.05, 3.63) is 36.8 Å². The highest BCUT2D eigenvalue weighted by Crippen LogP contribution is 2.20. The Balaban J connectivity index is 2.17. The van der Waals surface area contributed by atoms with Crippen LogP contribution in [0.25, 0.3) is 11.3 Å².